The molecule has 0 aliphatic carbocycles. The van der Waals surface area contributed by atoms with Gasteiger partial charge in [0, 0.05) is 17.8 Å². The first-order valence-corrected chi connectivity index (χ1v) is 12.4. The Kier molecular flexibility index (Phi) is 7.23. The number of para-hydroxylation sites is 1. The molecule has 1 saturated heterocycles. The molecule has 2 heterocycles. The second-order valence-corrected chi connectivity index (χ2v) is 9.32. The van der Waals surface area contributed by atoms with E-state index in [0.717, 1.165) is 60.4 Å². The highest BCUT2D eigenvalue weighted by atomic mass is 19.1. The van der Waals surface area contributed by atoms with Crippen LogP contribution in [0.5, 0.6) is 5.75 Å². The molecule has 3 aromatic carbocycles. The monoisotopic (exact) mass is 483 g/mol. The number of nitrogens with zero attached hydrogens (tertiary/aromatic N) is 2. The molecule has 1 aliphatic rings. The number of halogens is 1. The van der Waals surface area contributed by atoms with Gasteiger partial charge >= 0.3 is 0 Å². The van der Waals surface area contributed by atoms with Gasteiger partial charge in [0.2, 0.25) is 5.91 Å². The van der Waals surface area contributed by atoms with E-state index in [0.29, 0.717) is 0 Å². The Morgan fingerprint density at radius 1 is 1.03 bits per heavy atom. The molecule has 4 aromatic rings. The first-order chi connectivity index (χ1) is 17.6. The fourth-order valence-electron chi connectivity index (χ4n) is 4.87. The van der Waals surface area contributed by atoms with Crippen molar-refractivity contribution < 1.29 is 13.9 Å². The van der Waals surface area contributed by atoms with Crippen molar-refractivity contribution in [1.82, 2.24) is 15.2 Å². The number of amides is 1. The summed E-state index contributed by atoms with van der Waals surface area (Å²) in [6, 6.07) is 25.8. The lowest BCUT2D eigenvalue weighted by molar-refractivity contribution is -0.127. The second-order valence-electron chi connectivity index (χ2n) is 9.32. The maximum atomic E-state index is 13.6. The maximum absolute atomic E-state index is 13.6. The third kappa shape index (κ3) is 5.55. The number of rotatable bonds is 7. The minimum absolute atomic E-state index is 0.0142. The van der Waals surface area contributed by atoms with Crippen molar-refractivity contribution in [2.45, 2.75) is 25.4 Å². The van der Waals surface area contributed by atoms with E-state index in [1.165, 1.54) is 17.7 Å². The Labute approximate surface area is 210 Å². The second kappa shape index (κ2) is 10.9. The number of pyridine rings is 1. The van der Waals surface area contributed by atoms with E-state index < -0.39 is 6.04 Å². The van der Waals surface area contributed by atoms with Crippen LogP contribution in [0, 0.1) is 11.7 Å². The van der Waals surface area contributed by atoms with Crippen LogP contribution in [0.4, 0.5) is 4.39 Å². The minimum atomic E-state index is -0.447. The molecule has 0 saturated carbocycles. The summed E-state index contributed by atoms with van der Waals surface area (Å²) in [5.41, 5.74) is 3.62. The molecule has 1 atom stereocenters. The van der Waals surface area contributed by atoms with Crippen LogP contribution in [0.2, 0.25) is 0 Å². The molecular formula is C30H30FN3O2. The molecule has 1 N–H and O–H groups in total. The van der Waals surface area contributed by atoms with Crippen LogP contribution < -0.4 is 10.1 Å². The summed E-state index contributed by atoms with van der Waals surface area (Å²) in [4.78, 5) is 20.6. The van der Waals surface area contributed by atoms with E-state index in [4.69, 9.17) is 9.72 Å². The van der Waals surface area contributed by atoms with E-state index >= 15 is 0 Å². The standard InChI is InChI=1S/C30H30FN3O2/c1-36-26-7-4-5-21(19-26)20-34-17-15-24(16-18-34)30(35)33-29(23-9-12-25(31)13-10-23)28-14-11-22-6-2-3-8-27(22)32-28/h2-14,19,24,29H,15-18,20H2,1H3,(H,33,35). The molecule has 1 aliphatic heterocycles. The number of aromatic nitrogens is 1. The first kappa shape index (κ1) is 23.9. The Morgan fingerprint density at radius 2 is 1.81 bits per heavy atom. The molecule has 6 heteroatoms. The normalized spacial score (nSPS) is 15.5. The highest BCUT2D eigenvalue weighted by Crippen LogP contribution is 2.26. The molecule has 1 unspecified atom stereocenters. The van der Waals surface area contributed by atoms with Crippen LogP contribution in [0.25, 0.3) is 10.9 Å². The molecule has 1 fully saturated rings. The SMILES string of the molecule is COc1cccc(CN2CCC(C(=O)NC(c3ccc(F)cc3)c3ccc4ccccc4n3)CC2)c1. The average Bonchev–Trinajstić information content (AvgIpc) is 2.92. The van der Waals surface area contributed by atoms with Crippen LogP contribution in [0.15, 0.2) is 84.9 Å². The summed E-state index contributed by atoms with van der Waals surface area (Å²) in [5, 5.41) is 4.26. The molecule has 184 valence electrons. The van der Waals surface area contributed by atoms with Gasteiger partial charge in [-0.05, 0) is 73.5 Å². The molecular weight excluding hydrogens is 453 g/mol. The van der Waals surface area contributed by atoms with Gasteiger partial charge in [-0.3, -0.25) is 14.7 Å². The summed E-state index contributed by atoms with van der Waals surface area (Å²) in [7, 11) is 1.68. The minimum Gasteiger partial charge on any atom is -0.497 e. The van der Waals surface area contributed by atoms with Crippen molar-refractivity contribution in [3.05, 3.63) is 108 Å². The first-order valence-electron chi connectivity index (χ1n) is 12.4. The molecule has 5 nitrogen and oxygen atoms in total. The molecule has 36 heavy (non-hydrogen) atoms. The third-order valence-corrected chi connectivity index (χ3v) is 6.90. The Morgan fingerprint density at radius 3 is 2.58 bits per heavy atom. The van der Waals surface area contributed by atoms with Crippen LogP contribution in [0.1, 0.15) is 35.7 Å². The van der Waals surface area contributed by atoms with Gasteiger partial charge < -0.3 is 10.1 Å². The number of ether oxygens (including phenoxy) is 1. The van der Waals surface area contributed by atoms with Gasteiger partial charge in [0.1, 0.15) is 11.6 Å². The molecule has 0 bridgehead atoms. The van der Waals surface area contributed by atoms with Crippen LogP contribution in [0.3, 0.4) is 0 Å². The fourth-order valence-corrected chi connectivity index (χ4v) is 4.87. The van der Waals surface area contributed by atoms with Crippen molar-refractivity contribution in [2.24, 2.45) is 5.92 Å². The molecule has 0 radical (unpaired) electrons. The highest BCUT2D eigenvalue weighted by Gasteiger charge is 2.28. The number of nitrogens with one attached hydrogen (secondary N) is 1. The number of methoxy groups -OCH3 is 1. The van der Waals surface area contributed by atoms with Gasteiger partial charge in [-0.2, -0.15) is 0 Å². The Bertz CT molecular complexity index is 1330. The zero-order valence-corrected chi connectivity index (χ0v) is 20.4. The zero-order valence-electron chi connectivity index (χ0n) is 20.4. The lowest BCUT2D eigenvalue weighted by Gasteiger charge is -2.32. The van der Waals surface area contributed by atoms with Crippen molar-refractivity contribution in [3.8, 4) is 5.75 Å². The van der Waals surface area contributed by atoms with E-state index in [-0.39, 0.29) is 17.6 Å². The number of carbonyl (C=O) groups excluding carboxylic acids is 1. The van der Waals surface area contributed by atoms with Crippen LogP contribution in [-0.4, -0.2) is 36.0 Å². The Balaban J connectivity index is 1.28. The topological polar surface area (TPSA) is 54.5 Å². The van der Waals surface area contributed by atoms with Crippen LogP contribution >= 0.6 is 0 Å². The lowest BCUT2D eigenvalue weighted by atomic mass is 9.94. The molecule has 5 rings (SSSR count). The summed E-state index contributed by atoms with van der Waals surface area (Å²) in [5.74, 6) is 0.491. The van der Waals surface area contributed by atoms with E-state index in [9.17, 15) is 9.18 Å². The summed E-state index contributed by atoms with van der Waals surface area (Å²) in [6.07, 6.45) is 1.58. The van der Waals surface area contributed by atoms with Crippen molar-refractivity contribution >= 4 is 16.8 Å². The number of benzene rings is 3. The van der Waals surface area contributed by atoms with Gasteiger partial charge in [0.15, 0.2) is 0 Å². The summed E-state index contributed by atoms with van der Waals surface area (Å²) >= 11 is 0. The average molecular weight is 484 g/mol. The van der Waals surface area contributed by atoms with Gasteiger partial charge in [-0.1, -0.05) is 48.5 Å². The smallest absolute Gasteiger partial charge is 0.224 e. The summed E-state index contributed by atoms with van der Waals surface area (Å²) in [6.45, 7) is 2.54. The van der Waals surface area contributed by atoms with Crippen molar-refractivity contribution in [3.63, 3.8) is 0 Å². The predicted molar refractivity (Wildman–Crippen MR) is 139 cm³/mol. The zero-order chi connectivity index (χ0) is 24.9. The number of carbonyl (C=O) groups is 1. The van der Waals surface area contributed by atoms with E-state index in [1.54, 1.807) is 19.2 Å². The van der Waals surface area contributed by atoms with Gasteiger partial charge in [0.25, 0.3) is 0 Å². The largest absolute Gasteiger partial charge is 0.497 e. The van der Waals surface area contributed by atoms with Crippen molar-refractivity contribution in [2.75, 3.05) is 20.2 Å². The van der Waals surface area contributed by atoms with Crippen LogP contribution in [-0.2, 0) is 11.3 Å². The van der Waals surface area contributed by atoms with E-state index in [1.807, 2.05) is 48.5 Å². The number of likely N-dealkylation sites (tertiary alicyclic amines) is 1. The van der Waals surface area contributed by atoms with Crippen molar-refractivity contribution in [1.29, 1.82) is 0 Å². The fraction of sp³-hybridized carbons (Fsp3) is 0.267. The number of piperidine rings is 1. The number of hydrogen-bond donors (Lipinski definition) is 1. The lowest BCUT2D eigenvalue weighted by Crippen LogP contribution is -2.41. The summed E-state index contributed by atoms with van der Waals surface area (Å²) < 4.78 is 19.0. The third-order valence-electron chi connectivity index (χ3n) is 6.90. The maximum Gasteiger partial charge on any atom is 0.224 e. The highest BCUT2D eigenvalue weighted by molar-refractivity contribution is 5.81. The quantitative estimate of drug-likeness (QED) is 0.377. The number of hydrogen-bond acceptors (Lipinski definition) is 4. The Hall–Kier alpha value is -3.77. The van der Waals surface area contributed by atoms with Gasteiger partial charge in [0.05, 0.1) is 24.4 Å². The molecule has 1 amide bonds. The number of fused-ring (bicyclic) bond motifs is 1. The molecule has 1 aromatic heterocycles. The predicted octanol–water partition coefficient (Wildman–Crippen LogP) is 5.50. The van der Waals surface area contributed by atoms with Gasteiger partial charge in [-0.15, -0.1) is 0 Å². The van der Waals surface area contributed by atoms with Gasteiger partial charge in [-0.25, -0.2) is 4.39 Å². The van der Waals surface area contributed by atoms with E-state index in [2.05, 4.69) is 22.3 Å². The molecule has 0 spiro atoms.